The Balaban J connectivity index is 2.39. The minimum Gasteiger partial charge on any atom is -0.481 e. The highest BCUT2D eigenvalue weighted by molar-refractivity contribution is 5.96. The Hall–Kier alpha value is -1.88. The van der Waals surface area contributed by atoms with Gasteiger partial charge in [0.15, 0.2) is 0 Å². The molecule has 0 saturated carbocycles. The number of carbonyl (C=O) groups is 2. The van der Waals surface area contributed by atoms with Crippen molar-refractivity contribution in [3.63, 3.8) is 0 Å². The third kappa shape index (κ3) is 2.22. The molecular weight excluding hydrogens is 232 g/mol. The molecule has 0 saturated heterocycles. The number of benzene rings is 1. The van der Waals surface area contributed by atoms with E-state index in [0.29, 0.717) is 12.8 Å². The number of carbonyl (C=O) groups excluding carboxylic acids is 1. The largest absolute Gasteiger partial charge is 0.481 e. The van der Waals surface area contributed by atoms with Gasteiger partial charge in [-0.1, -0.05) is 12.1 Å². The minimum absolute atomic E-state index is 0.0754. The minimum atomic E-state index is -0.916. The summed E-state index contributed by atoms with van der Waals surface area (Å²) in [7, 11) is 1.73. The van der Waals surface area contributed by atoms with E-state index in [1.54, 1.807) is 11.9 Å². The van der Waals surface area contributed by atoms with Crippen LogP contribution in [0.25, 0.3) is 0 Å². The Morgan fingerprint density at radius 1 is 1.50 bits per heavy atom. The normalized spacial score (nSPS) is 16.3. The summed E-state index contributed by atoms with van der Waals surface area (Å²) in [5.74, 6) is -0.841. The Bertz CT molecular complexity index is 499. The van der Waals surface area contributed by atoms with Crippen molar-refractivity contribution < 1.29 is 14.7 Å². The molecule has 0 fully saturated rings. The lowest BCUT2D eigenvalue weighted by Crippen LogP contribution is -2.32. The van der Waals surface area contributed by atoms with Crippen molar-refractivity contribution in [3.05, 3.63) is 29.3 Å². The van der Waals surface area contributed by atoms with Crippen LogP contribution in [0.2, 0.25) is 0 Å². The summed E-state index contributed by atoms with van der Waals surface area (Å²) < 4.78 is 0. The number of hydrogen-bond donors (Lipinski definition) is 2. The van der Waals surface area contributed by atoms with E-state index in [2.05, 4.69) is 0 Å². The van der Waals surface area contributed by atoms with Gasteiger partial charge in [-0.3, -0.25) is 9.59 Å². The molecule has 0 spiro atoms. The molecule has 1 heterocycles. The van der Waals surface area contributed by atoms with Crippen molar-refractivity contribution in [1.82, 2.24) is 0 Å². The molecule has 1 amide bonds. The molecule has 0 aromatic heterocycles. The SMILES string of the molecule is CN1C(=O)CCc2c(C(N)CC(=O)O)cccc21. The van der Waals surface area contributed by atoms with E-state index in [9.17, 15) is 9.59 Å². The Morgan fingerprint density at radius 2 is 2.22 bits per heavy atom. The molecule has 1 aromatic carbocycles. The van der Waals surface area contributed by atoms with E-state index in [1.165, 1.54) is 0 Å². The molecule has 1 aromatic rings. The first-order valence-electron chi connectivity index (χ1n) is 5.86. The van der Waals surface area contributed by atoms with Crippen LogP contribution >= 0.6 is 0 Å². The highest BCUT2D eigenvalue weighted by atomic mass is 16.4. The molecule has 18 heavy (non-hydrogen) atoms. The van der Waals surface area contributed by atoms with Crippen LogP contribution in [0.5, 0.6) is 0 Å². The van der Waals surface area contributed by atoms with Crippen molar-refractivity contribution in [1.29, 1.82) is 0 Å². The van der Waals surface area contributed by atoms with E-state index < -0.39 is 12.0 Å². The number of fused-ring (bicyclic) bond motifs is 1. The quantitative estimate of drug-likeness (QED) is 0.838. The number of hydrogen-bond acceptors (Lipinski definition) is 3. The molecule has 5 nitrogen and oxygen atoms in total. The molecule has 0 bridgehead atoms. The zero-order valence-electron chi connectivity index (χ0n) is 10.2. The number of rotatable bonds is 3. The van der Waals surface area contributed by atoms with E-state index in [1.807, 2.05) is 18.2 Å². The van der Waals surface area contributed by atoms with Crippen LogP contribution in [-0.4, -0.2) is 24.0 Å². The summed E-state index contributed by atoms with van der Waals surface area (Å²) in [6, 6.07) is 4.99. The summed E-state index contributed by atoms with van der Waals surface area (Å²) in [4.78, 5) is 23.9. The van der Waals surface area contributed by atoms with Crippen molar-refractivity contribution >= 4 is 17.6 Å². The van der Waals surface area contributed by atoms with Crippen LogP contribution in [0.1, 0.15) is 30.0 Å². The fraction of sp³-hybridized carbons (Fsp3) is 0.385. The van der Waals surface area contributed by atoms with Crippen LogP contribution in [-0.2, 0) is 16.0 Å². The maximum Gasteiger partial charge on any atom is 0.305 e. The van der Waals surface area contributed by atoms with Gasteiger partial charge < -0.3 is 15.7 Å². The van der Waals surface area contributed by atoms with Crippen molar-refractivity contribution in [3.8, 4) is 0 Å². The van der Waals surface area contributed by atoms with E-state index >= 15 is 0 Å². The summed E-state index contributed by atoms with van der Waals surface area (Å²) in [6.45, 7) is 0. The second-order valence-corrected chi connectivity index (χ2v) is 4.50. The maximum atomic E-state index is 11.6. The lowest BCUT2D eigenvalue weighted by Gasteiger charge is -2.28. The molecular formula is C13H16N2O3. The van der Waals surface area contributed by atoms with Crippen molar-refractivity contribution in [2.24, 2.45) is 5.73 Å². The van der Waals surface area contributed by atoms with Crippen molar-refractivity contribution in [2.45, 2.75) is 25.3 Å². The Kier molecular flexibility index (Phi) is 3.34. The average molecular weight is 248 g/mol. The fourth-order valence-electron chi connectivity index (χ4n) is 2.36. The molecule has 2 rings (SSSR count). The zero-order chi connectivity index (χ0) is 13.3. The highest BCUT2D eigenvalue weighted by Gasteiger charge is 2.25. The van der Waals surface area contributed by atoms with Crippen LogP contribution in [0.15, 0.2) is 18.2 Å². The summed E-state index contributed by atoms with van der Waals surface area (Å²) in [5, 5.41) is 8.80. The number of anilines is 1. The first-order chi connectivity index (χ1) is 8.50. The molecule has 0 radical (unpaired) electrons. The van der Waals surface area contributed by atoms with Gasteiger partial charge in [-0.2, -0.15) is 0 Å². The predicted molar refractivity (Wildman–Crippen MR) is 67.4 cm³/mol. The second kappa shape index (κ2) is 4.78. The predicted octanol–water partition coefficient (Wildman–Crippen LogP) is 1.07. The van der Waals surface area contributed by atoms with Gasteiger partial charge in [-0.05, 0) is 23.6 Å². The standard InChI is InChI=1S/C13H16N2O3/c1-15-11-4-2-3-8(10(14)7-13(17)18)9(11)5-6-12(15)16/h2-4,10H,5-7,14H2,1H3,(H,17,18). The number of nitrogens with two attached hydrogens (primary N) is 1. The van der Waals surface area contributed by atoms with Crippen LogP contribution < -0.4 is 10.6 Å². The molecule has 5 heteroatoms. The third-order valence-electron chi connectivity index (χ3n) is 3.31. The smallest absolute Gasteiger partial charge is 0.305 e. The first kappa shape index (κ1) is 12.6. The fourth-order valence-corrected chi connectivity index (χ4v) is 2.36. The van der Waals surface area contributed by atoms with Gasteiger partial charge in [0, 0.05) is 25.2 Å². The van der Waals surface area contributed by atoms with Crippen molar-refractivity contribution in [2.75, 3.05) is 11.9 Å². The van der Waals surface area contributed by atoms with Crippen LogP contribution in [0.3, 0.4) is 0 Å². The maximum absolute atomic E-state index is 11.6. The van der Waals surface area contributed by atoms with Crippen LogP contribution in [0.4, 0.5) is 5.69 Å². The van der Waals surface area contributed by atoms with E-state index in [0.717, 1.165) is 16.8 Å². The summed E-state index contributed by atoms with van der Waals surface area (Å²) in [5.41, 5.74) is 8.58. The highest BCUT2D eigenvalue weighted by Crippen LogP contribution is 2.32. The third-order valence-corrected chi connectivity index (χ3v) is 3.31. The average Bonchev–Trinajstić information content (AvgIpc) is 2.32. The number of nitrogens with zero attached hydrogens (tertiary/aromatic N) is 1. The molecule has 96 valence electrons. The molecule has 1 unspecified atom stereocenters. The molecule has 1 atom stereocenters. The second-order valence-electron chi connectivity index (χ2n) is 4.50. The van der Waals surface area contributed by atoms with Gasteiger partial charge in [0.25, 0.3) is 0 Å². The van der Waals surface area contributed by atoms with Gasteiger partial charge in [-0.15, -0.1) is 0 Å². The van der Waals surface area contributed by atoms with E-state index in [4.69, 9.17) is 10.8 Å². The molecule has 1 aliphatic heterocycles. The van der Waals surface area contributed by atoms with Gasteiger partial charge in [-0.25, -0.2) is 0 Å². The monoisotopic (exact) mass is 248 g/mol. The van der Waals surface area contributed by atoms with Gasteiger partial charge >= 0.3 is 5.97 Å². The Labute approximate surface area is 105 Å². The number of carboxylic acid groups (broad SMARTS) is 1. The number of aliphatic carboxylic acids is 1. The van der Waals surface area contributed by atoms with Gasteiger partial charge in [0.2, 0.25) is 5.91 Å². The summed E-state index contributed by atoms with van der Waals surface area (Å²) >= 11 is 0. The summed E-state index contributed by atoms with van der Waals surface area (Å²) in [6.07, 6.45) is 0.969. The van der Waals surface area contributed by atoms with Crippen LogP contribution in [0, 0.1) is 0 Å². The first-order valence-corrected chi connectivity index (χ1v) is 5.86. The molecule has 0 aliphatic carbocycles. The lowest BCUT2D eigenvalue weighted by atomic mass is 9.91. The molecule has 1 aliphatic rings. The zero-order valence-corrected chi connectivity index (χ0v) is 10.2. The lowest BCUT2D eigenvalue weighted by molar-refractivity contribution is -0.137. The number of carboxylic acids is 1. The van der Waals surface area contributed by atoms with Gasteiger partial charge in [0.1, 0.15) is 0 Å². The Morgan fingerprint density at radius 3 is 2.89 bits per heavy atom. The molecule has 3 N–H and O–H groups in total. The van der Waals surface area contributed by atoms with E-state index in [-0.39, 0.29) is 12.3 Å². The number of amides is 1. The van der Waals surface area contributed by atoms with Gasteiger partial charge in [0.05, 0.1) is 6.42 Å². The topological polar surface area (TPSA) is 83.6 Å².